The fraction of sp³-hybridized carbons (Fsp3) is 0.235. The van der Waals surface area contributed by atoms with E-state index in [1.54, 1.807) is 0 Å². The quantitative estimate of drug-likeness (QED) is 0.653. The molecule has 0 aliphatic heterocycles. The van der Waals surface area contributed by atoms with Gasteiger partial charge in [0.2, 0.25) is 0 Å². The van der Waals surface area contributed by atoms with E-state index < -0.39 is 28.9 Å². The Morgan fingerprint density at radius 3 is 2.57 bits per heavy atom. The van der Waals surface area contributed by atoms with Crippen LogP contribution >= 0.6 is 0 Å². The molecular weight excluding hydrogens is 307 g/mol. The second kappa shape index (κ2) is 7.67. The van der Waals surface area contributed by atoms with Gasteiger partial charge in [-0.25, -0.2) is 13.2 Å². The largest absolute Gasteiger partial charge is 0.491 e. The molecule has 2 aromatic carbocycles. The van der Waals surface area contributed by atoms with Crippen LogP contribution in [0.25, 0.3) is 0 Å². The van der Waals surface area contributed by atoms with E-state index in [9.17, 15) is 18.0 Å². The summed E-state index contributed by atoms with van der Waals surface area (Å²) >= 11 is 0. The van der Waals surface area contributed by atoms with Crippen LogP contribution in [0.3, 0.4) is 0 Å². The van der Waals surface area contributed by atoms with Crippen molar-refractivity contribution >= 4 is 5.91 Å². The summed E-state index contributed by atoms with van der Waals surface area (Å²) in [6.45, 7) is 2.28. The number of para-hydroxylation sites is 1. The number of carbonyl (C=O) groups excluding carboxylic acids is 1. The van der Waals surface area contributed by atoms with Gasteiger partial charge in [0.1, 0.15) is 12.4 Å². The molecule has 3 nitrogen and oxygen atoms in total. The maximum atomic E-state index is 13.5. The van der Waals surface area contributed by atoms with E-state index in [0.717, 1.165) is 18.1 Å². The second-order valence-electron chi connectivity index (χ2n) is 4.79. The van der Waals surface area contributed by atoms with Crippen LogP contribution in [0.15, 0.2) is 36.4 Å². The van der Waals surface area contributed by atoms with E-state index in [4.69, 9.17) is 4.74 Å². The predicted molar refractivity (Wildman–Crippen MR) is 80.0 cm³/mol. The van der Waals surface area contributed by atoms with Crippen LogP contribution < -0.4 is 10.1 Å². The lowest BCUT2D eigenvalue weighted by Crippen LogP contribution is -2.29. The first-order valence-corrected chi connectivity index (χ1v) is 7.17. The third-order valence-corrected chi connectivity index (χ3v) is 3.28. The summed E-state index contributed by atoms with van der Waals surface area (Å²) in [5.74, 6) is -4.61. The SMILES string of the molecule is CCc1ccccc1OCCNC(=O)c1ccc(F)c(F)c1F. The maximum absolute atomic E-state index is 13.5. The summed E-state index contributed by atoms with van der Waals surface area (Å²) in [4.78, 5) is 11.8. The molecule has 1 amide bonds. The maximum Gasteiger partial charge on any atom is 0.254 e. The molecule has 6 heteroatoms. The lowest BCUT2D eigenvalue weighted by Gasteiger charge is -2.11. The molecule has 122 valence electrons. The topological polar surface area (TPSA) is 38.3 Å². The smallest absolute Gasteiger partial charge is 0.254 e. The number of aryl methyl sites for hydroxylation is 1. The Balaban J connectivity index is 1.89. The highest BCUT2D eigenvalue weighted by atomic mass is 19.2. The molecule has 1 N–H and O–H groups in total. The Labute approximate surface area is 132 Å². The Bertz CT molecular complexity index is 704. The molecule has 2 aromatic rings. The van der Waals surface area contributed by atoms with Crippen LogP contribution in [-0.4, -0.2) is 19.1 Å². The molecular formula is C17H16F3NO2. The zero-order chi connectivity index (χ0) is 16.8. The Morgan fingerprint density at radius 2 is 1.83 bits per heavy atom. The third-order valence-electron chi connectivity index (χ3n) is 3.28. The number of carbonyl (C=O) groups is 1. The molecule has 2 rings (SSSR count). The summed E-state index contributed by atoms with van der Waals surface area (Å²) < 4.78 is 44.9. The van der Waals surface area contributed by atoms with Crippen molar-refractivity contribution in [2.24, 2.45) is 0 Å². The number of rotatable bonds is 6. The number of nitrogens with one attached hydrogen (secondary N) is 1. The second-order valence-corrected chi connectivity index (χ2v) is 4.79. The predicted octanol–water partition coefficient (Wildman–Crippen LogP) is 3.48. The molecule has 0 radical (unpaired) electrons. The number of hydrogen-bond acceptors (Lipinski definition) is 2. The lowest BCUT2D eigenvalue weighted by atomic mass is 10.1. The Morgan fingerprint density at radius 1 is 1.09 bits per heavy atom. The molecule has 0 spiro atoms. The van der Waals surface area contributed by atoms with Crippen LogP contribution in [0.5, 0.6) is 5.75 Å². The first-order chi connectivity index (χ1) is 11.0. The van der Waals surface area contributed by atoms with Crippen molar-refractivity contribution in [2.45, 2.75) is 13.3 Å². The highest BCUT2D eigenvalue weighted by Crippen LogP contribution is 2.18. The molecule has 0 atom stereocenters. The molecule has 0 aromatic heterocycles. The zero-order valence-corrected chi connectivity index (χ0v) is 12.5. The summed E-state index contributed by atoms with van der Waals surface area (Å²) in [5, 5.41) is 2.40. The minimum absolute atomic E-state index is 0.106. The van der Waals surface area contributed by atoms with Crippen LogP contribution in [0, 0.1) is 17.5 Å². The van der Waals surface area contributed by atoms with Crippen LogP contribution in [0.4, 0.5) is 13.2 Å². The standard InChI is InChI=1S/C17H16F3NO2/c1-2-11-5-3-4-6-14(11)23-10-9-21-17(22)12-7-8-13(18)16(20)15(12)19/h3-8H,2,9-10H2,1H3,(H,21,22). The number of hydrogen-bond donors (Lipinski definition) is 1. The molecule has 0 aliphatic rings. The third kappa shape index (κ3) is 4.03. The van der Waals surface area contributed by atoms with E-state index in [0.29, 0.717) is 11.8 Å². The highest BCUT2D eigenvalue weighted by molar-refractivity contribution is 5.94. The van der Waals surface area contributed by atoms with Crippen LogP contribution in [-0.2, 0) is 6.42 Å². The van der Waals surface area contributed by atoms with Crippen molar-refractivity contribution in [1.29, 1.82) is 0 Å². The van der Waals surface area contributed by atoms with Gasteiger partial charge in [0.25, 0.3) is 5.91 Å². The van der Waals surface area contributed by atoms with E-state index in [1.165, 1.54) is 0 Å². The summed E-state index contributed by atoms with van der Waals surface area (Å²) in [6, 6.07) is 9.10. The molecule has 0 saturated heterocycles. The lowest BCUT2D eigenvalue weighted by molar-refractivity contribution is 0.0941. The van der Waals surface area contributed by atoms with E-state index in [1.807, 2.05) is 31.2 Å². The molecule has 0 bridgehead atoms. The first-order valence-electron chi connectivity index (χ1n) is 7.17. The normalized spacial score (nSPS) is 10.4. The number of amides is 1. The first kappa shape index (κ1) is 16.9. The van der Waals surface area contributed by atoms with Gasteiger partial charge in [0, 0.05) is 0 Å². The molecule has 23 heavy (non-hydrogen) atoms. The van der Waals surface area contributed by atoms with Crippen molar-refractivity contribution in [3.05, 3.63) is 65.0 Å². The van der Waals surface area contributed by atoms with Gasteiger partial charge < -0.3 is 10.1 Å². The molecule has 0 saturated carbocycles. The van der Waals surface area contributed by atoms with E-state index >= 15 is 0 Å². The highest BCUT2D eigenvalue weighted by Gasteiger charge is 2.18. The number of ether oxygens (including phenoxy) is 1. The van der Waals surface area contributed by atoms with Crippen molar-refractivity contribution < 1.29 is 22.7 Å². The van der Waals surface area contributed by atoms with Gasteiger partial charge >= 0.3 is 0 Å². The van der Waals surface area contributed by atoms with Gasteiger partial charge in [-0.3, -0.25) is 4.79 Å². The van der Waals surface area contributed by atoms with Crippen molar-refractivity contribution in [2.75, 3.05) is 13.2 Å². The van der Waals surface area contributed by atoms with Gasteiger partial charge in [0.15, 0.2) is 17.5 Å². The zero-order valence-electron chi connectivity index (χ0n) is 12.5. The van der Waals surface area contributed by atoms with Crippen molar-refractivity contribution in [1.82, 2.24) is 5.32 Å². The Hall–Kier alpha value is -2.50. The van der Waals surface area contributed by atoms with Gasteiger partial charge in [-0.2, -0.15) is 0 Å². The van der Waals surface area contributed by atoms with E-state index in [2.05, 4.69) is 5.32 Å². The minimum atomic E-state index is -1.66. The Kier molecular flexibility index (Phi) is 5.62. The fourth-order valence-electron chi connectivity index (χ4n) is 2.06. The summed E-state index contributed by atoms with van der Waals surface area (Å²) in [6.07, 6.45) is 0.808. The van der Waals surface area contributed by atoms with Gasteiger partial charge in [0.05, 0.1) is 12.1 Å². The van der Waals surface area contributed by atoms with Crippen LogP contribution in [0.2, 0.25) is 0 Å². The van der Waals surface area contributed by atoms with Gasteiger partial charge in [-0.1, -0.05) is 25.1 Å². The molecule has 0 aliphatic carbocycles. The summed E-state index contributed by atoms with van der Waals surface area (Å²) in [7, 11) is 0. The van der Waals surface area contributed by atoms with Crippen molar-refractivity contribution in [3.8, 4) is 5.75 Å². The van der Waals surface area contributed by atoms with Crippen LogP contribution in [0.1, 0.15) is 22.8 Å². The average molecular weight is 323 g/mol. The van der Waals surface area contributed by atoms with Gasteiger partial charge in [-0.15, -0.1) is 0 Å². The average Bonchev–Trinajstić information content (AvgIpc) is 2.57. The molecule has 0 heterocycles. The van der Waals surface area contributed by atoms with Gasteiger partial charge in [-0.05, 0) is 30.2 Å². The van der Waals surface area contributed by atoms with Crippen molar-refractivity contribution in [3.63, 3.8) is 0 Å². The van der Waals surface area contributed by atoms with E-state index in [-0.39, 0.29) is 13.2 Å². The minimum Gasteiger partial charge on any atom is -0.491 e. The fourth-order valence-corrected chi connectivity index (χ4v) is 2.06. The molecule has 0 unspecified atom stereocenters. The number of halogens is 3. The molecule has 0 fully saturated rings. The monoisotopic (exact) mass is 323 g/mol. The number of benzene rings is 2. The summed E-state index contributed by atoms with van der Waals surface area (Å²) in [5.41, 5.74) is 0.489.